The Hall–Kier alpha value is -1.36. The molecule has 0 amide bonds. The lowest BCUT2D eigenvalue weighted by Gasteiger charge is -2.11. The molecule has 0 bridgehead atoms. The predicted molar refractivity (Wildman–Crippen MR) is 50.0 cm³/mol. The van der Waals surface area contributed by atoms with Crippen LogP contribution in [0, 0.1) is 0 Å². The quantitative estimate of drug-likeness (QED) is 0.415. The van der Waals surface area contributed by atoms with Crippen molar-refractivity contribution >= 4 is 11.9 Å². The average Bonchev–Trinajstić information content (AvgIpc) is 2.02. The Balaban J connectivity index is 3.59. The first-order valence-electron chi connectivity index (χ1n) is 4.29. The maximum Gasteiger partial charge on any atom is 0.359 e. The molecule has 1 atom stereocenters. The lowest BCUT2D eigenvalue weighted by Crippen LogP contribution is -3.10. The third kappa shape index (κ3) is 6.19. The van der Waals surface area contributed by atoms with Crippen LogP contribution in [0.2, 0.25) is 0 Å². The first-order chi connectivity index (χ1) is 6.43. The zero-order valence-corrected chi connectivity index (χ0v) is 8.50. The number of carbonyl (C=O) groups excluding carboxylic acids is 1. The Labute approximate surface area is 83.0 Å². The molecular formula is C9H16NO4+. The molecule has 0 aromatic carbocycles. The summed E-state index contributed by atoms with van der Waals surface area (Å²) in [5, 5.41) is 8.44. The van der Waals surface area contributed by atoms with Gasteiger partial charge in [0.15, 0.2) is 6.54 Å². The zero-order valence-electron chi connectivity index (χ0n) is 8.50. The van der Waals surface area contributed by atoms with Gasteiger partial charge in [-0.15, -0.1) is 0 Å². The minimum absolute atomic E-state index is 0.0185. The van der Waals surface area contributed by atoms with Gasteiger partial charge in [-0.3, -0.25) is 0 Å². The van der Waals surface area contributed by atoms with Crippen LogP contribution in [-0.2, 0) is 14.3 Å². The molecule has 80 valence electrons. The molecule has 14 heavy (non-hydrogen) atoms. The number of rotatable bonds is 6. The molecule has 0 aliphatic rings. The van der Waals surface area contributed by atoms with Crippen LogP contribution in [0.5, 0.6) is 0 Å². The average molecular weight is 202 g/mol. The fourth-order valence-corrected chi connectivity index (χ4v) is 0.788. The van der Waals surface area contributed by atoms with Crippen molar-refractivity contribution in [1.82, 2.24) is 0 Å². The number of carboxylic acids is 1. The smallest absolute Gasteiger partial charge is 0.359 e. The second kappa shape index (κ2) is 6.15. The van der Waals surface area contributed by atoms with Crippen molar-refractivity contribution in [1.29, 1.82) is 0 Å². The third-order valence-electron chi connectivity index (χ3n) is 1.56. The van der Waals surface area contributed by atoms with Crippen molar-refractivity contribution in [2.75, 3.05) is 26.7 Å². The largest absolute Gasteiger partial charge is 0.477 e. The summed E-state index contributed by atoms with van der Waals surface area (Å²) in [6, 6.07) is 0. The van der Waals surface area contributed by atoms with Crippen molar-refractivity contribution in [3.05, 3.63) is 12.2 Å². The normalized spacial score (nSPS) is 11.9. The number of aliphatic carboxylic acids is 1. The standard InChI is InChI=1S/C9H15NO4/c1-7(2)9(13)14-5-4-10(3)6-8(11)12/h1,4-6H2,2-3H3,(H,11,12)/p+1. The van der Waals surface area contributed by atoms with Crippen LogP contribution >= 0.6 is 0 Å². The number of carboxylic acid groups (broad SMARTS) is 1. The molecule has 0 aromatic rings. The highest BCUT2D eigenvalue weighted by Gasteiger charge is 2.09. The number of likely N-dealkylation sites (N-methyl/N-ethyl adjacent to an activating group) is 1. The number of quaternary nitrogens is 1. The summed E-state index contributed by atoms with van der Waals surface area (Å²) in [7, 11) is 1.72. The van der Waals surface area contributed by atoms with Crippen molar-refractivity contribution < 1.29 is 24.3 Å². The topological polar surface area (TPSA) is 68.0 Å². The molecule has 5 heteroatoms. The van der Waals surface area contributed by atoms with Crippen molar-refractivity contribution in [2.45, 2.75) is 6.92 Å². The summed E-state index contributed by atoms with van der Waals surface area (Å²) in [4.78, 5) is 22.0. The molecular weight excluding hydrogens is 186 g/mol. The highest BCUT2D eigenvalue weighted by molar-refractivity contribution is 5.86. The van der Waals surface area contributed by atoms with Crippen molar-refractivity contribution in [3.8, 4) is 0 Å². The van der Waals surface area contributed by atoms with Gasteiger partial charge in [-0.25, -0.2) is 9.59 Å². The first-order valence-corrected chi connectivity index (χ1v) is 4.29. The van der Waals surface area contributed by atoms with E-state index in [9.17, 15) is 9.59 Å². The molecule has 0 radical (unpaired) electrons. The van der Waals surface area contributed by atoms with Crippen molar-refractivity contribution in [3.63, 3.8) is 0 Å². The van der Waals surface area contributed by atoms with E-state index in [0.717, 1.165) is 4.90 Å². The summed E-state index contributed by atoms with van der Waals surface area (Å²) >= 11 is 0. The van der Waals surface area contributed by atoms with Gasteiger partial charge in [0, 0.05) is 5.57 Å². The SMILES string of the molecule is C=C(C)C(=O)OCC[NH+](C)CC(=O)O. The number of nitrogens with one attached hydrogen (secondary N) is 1. The molecule has 0 saturated heterocycles. The Bertz CT molecular complexity index is 237. The number of ether oxygens (including phenoxy) is 1. The molecule has 5 nitrogen and oxygen atoms in total. The van der Waals surface area contributed by atoms with E-state index < -0.39 is 11.9 Å². The Morgan fingerprint density at radius 1 is 1.50 bits per heavy atom. The van der Waals surface area contributed by atoms with Gasteiger partial charge in [0.1, 0.15) is 13.2 Å². The highest BCUT2D eigenvalue weighted by atomic mass is 16.5. The minimum atomic E-state index is -0.867. The Kier molecular flexibility index (Phi) is 5.55. The molecule has 0 spiro atoms. The van der Waals surface area contributed by atoms with E-state index in [4.69, 9.17) is 9.84 Å². The fourth-order valence-electron chi connectivity index (χ4n) is 0.788. The van der Waals surface area contributed by atoms with Crippen LogP contribution in [0.1, 0.15) is 6.92 Å². The second-order valence-electron chi connectivity index (χ2n) is 3.19. The van der Waals surface area contributed by atoms with Gasteiger partial charge in [-0.05, 0) is 6.92 Å². The van der Waals surface area contributed by atoms with Gasteiger partial charge >= 0.3 is 11.9 Å². The summed E-state index contributed by atoms with van der Waals surface area (Å²) < 4.78 is 4.80. The molecule has 2 N–H and O–H groups in total. The highest BCUT2D eigenvalue weighted by Crippen LogP contribution is 1.89. The molecule has 0 aromatic heterocycles. The van der Waals surface area contributed by atoms with Crippen LogP contribution in [0.15, 0.2) is 12.2 Å². The minimum Gasteiger partial charge on any atom is -0.477 e. The lowest BCUT2D eigenvalue weighted by molar-refractivity contribution is -0.872. The third-order valence-corrected chi connectivity index (χ3v) is 1.56. The van der Waals surface area contributed by atoms with Crippen LogP contribution in [0.4, 0.5) is 0 Å². The molecule has 0 heterocycles. The molecule has 0 aliphatic carbocycles. The van der Waals surface area contributed by atoms with Crippen LogP contribution in [-0.4, -0.2) is 43.8 Å². The fraction of sp³-hybridized carbons (Fsp3) is 0.556. The van der Waals surface area contributed by atoms with Gasteiger partial charge in [0.2, 0.25) is 0 Å². The predicted octanol–water partition coefficient (Wildman–Crippen LogP) is -1.29. The Morgan fingerprint density at radius 2 is 2.07 bits per heavy atom. The van der Waals surface area contributed by atoms with E-state index in [-0.39, 0.29) is 13.2 Å². The molecule has 0 saturated carbocycles. The summed E-state index contributed by atoms with van der Waals surface area (Å²) in [6.07, 6.45) is 0. The van der Waals surface area contributed by atoms with Crippen LogP contribution in [0.3, 0.4) is 0 Å². The van der Waals surface area contributed by atoms with E-state index in [1.807, 2.05) is 0 Å². The molecule has 1 unspecified atom stereocenters. The summed E-state index contributed by atoms with van der Waals surface area (Å²) in [5.74, 6) is -1.30. The van der Waals surface area contributed by atoms with E-state index in [1.165, 1.54) is 0 Å². The number of hydrogen-bond donors (Lipinski definition) is 2. The van der Waals surface area contributed by atoms with E-state index >= 15 is 0 Å². The van der Waals surface area contributed by atoms with Crippen molar-refractivity contribution in [2.24, 2.45) is 0 Å². The van der Waals surface area contributed by atoms with Crippen LogP contribution < -0.4 is 4.90 Å². The van der Waals surface area contributed by atoms with E-state index in [0.29, 0.717) is 12.1 Å². The number of hydrogen-bond acceptors (Lipinski definition) is 3. The zero-order chi connectivity index (χ0) is 11.1. The summed E-state index contributed by atoms with van der Waals surface area (Å²) in [6.45, 7) is 5.70. The number of carbonyl (C=O) groups is 2. The van der Waals surface area contributed by atoms with E-state index in [1.54, 1.807) is 14.0 Å². The van der Waals surface area contributed by atoms with Gasteiger partial charge < -0.3 is 14.7 Å². The molecule has 0 rings (SSSR count). The van der Waals surface area contributed by atoms with Gasteiger partial charge in [0.05, 0.1) is 7.05 Å². The maximum atomic E-state index is 10.9. The van der Waals surface area contributed by atoms with Gasteiger partial charge in [0.25, 0.3) is 0 Å². The monoisotopic (exact) mass is 202 g/mol. The summed E-state index contributed by atoms with van der Waals surface area (Å²) in [5.41, 5.74) is 0.348. The van der Waals surface area contributed by atoms with Gasteiger partial charge in [-0.2, -0.15) is 0 Å². The Morgan fingerprint density at radius 3 is 2.50 bits per heavy atom. The first kappa shape index (κ1) is 12.6. The molecule has 0 fully saturated rings. The van der Waals surface area contributed by atoms with Gasteiger partial charge in [-0.1, -0.05) is 6.58 Å². The van der Waals surface area contributed by atoms with E-state index in [2.05, 4.69) is 6.58 Å². The van der Waals surface area contributed by atoms with Crippen LogP contribution in [0.25, 0.3) is 0 Å². The maximum absolute atomic E-state index is 10.9. The number of esters is 1. The lowest BCUT2D eigenvalue weighted by atomic mass is 10.4. The second-order valence-corrected chi connectivity index (χ2v) is 3.19. The molecule has 0 aliphatic heterocycles.